The average molecular weight is 286 g/mol. The minimum Gasteiger partial charge on any atom is -0.364 e. The van der Waals surface area contributed by atoms with Gasteiger partial charge in [0.15, 0.2) is 0 Å². The van der Waals surface area contributed by atoms with E-state index >= 15 is 0 Å². The van der Waals surface area contributed by atoms with Crippen LogP contribution in [-0.4, -0.2) is 22.5 Å². The summed E-state index contributed by atoms with van der Waals surface area (Å²) >= 11 is 0. The van der Waals surface area contributed by atoms with Gasteiger partial charge in [0.2, 0.25) is 0 Å². The summed E-state index contributed by atoms with van der Waals surface area (Å²) in [4.78, 5) is 14.6. The molecular weight excluding hydrogens is 264 g/mol. The maximum Gasteiger partial charge on any atom is 0.259 e. The summed E-state index contributed by atoms with van der Waals surface area (Å²) in [5, 5.41) is 3.80. The minimum atomic E-state index is -0.00884. The third-order valence-corrected chi connectivity index (χ3v) is 3.67. The van der Waals surface area contributed by atoms with Crippen LogP contribution in [0.4, 0.5) is 0 Å². The number of carbonyl (C=O) groups excluding carboxylic acids is 1. The van der Waals surface area contributed by atoms with Crippen LogP contribution in [0, 0.1) is 13.8 Å². The Bertz CT molecular complexity index is 604. The fraction of sp³-hybridized carbons (Fsp3) is 0.412. The van der Waals surface area contributed by atoms with Crippen LogP contribution >= 0.6 is 0 Å². The van der Waals surface area contributed by atoms with Crippen LogP contribution < -0.4 is 0 Å². The third kappa shape index (κ3) is 3.72. The molecule has 1 amide bonds. The number of carbonyl (C=O) groups is 1. The molecule has 112 valence electrons. The number of benzene rings is 1. The number of unbranched alkanes of at least 4 members (excludes halogenated alkanes) is 1. The zero-order valence-corrected chi connectivity index (χ0v) is 12.9. The summed E-state index contributed by atoms with van der Waals surface area (Å²) in [6.45, 7) is 7.36. The van der Waals surface area contributed by atoms with Gasteiger partial charge in [0.1, 0.15) is 11.8 Å². The molecule has 1 aromatic carbocycles. The van der Waals surface area contributed by atoms with Gasteiger partial charge in [0.05, 0.1) is 5.69 Å². The summed E-state index contributed by atoms with van der Waals surface area (Å²) in [7, 11) is 0. The van der Waals surface area contributed by atoms with Gasteiger partial charge < -0.3 is 9.42 Å². The highest BCUT2D eigenvalue weighted by Gasteiger charge is 2.20. The number of rotatable bonds is 6. The molecule has 21 heavy (non-hydrogen) atoms. The van der Waals surface area contributed by atoms with Crippen LogP contribution in [0.25, 0.3) is 0 Å². The smallest absolute Gasteiger partial charge is 0.259 e. The van der Waals surface area contributed by atoms with E-state index in [4.69, 9.17) is 4.52 Å². The van der Waals surface area contributed by atoms with Crippen molar-refractivity contribution in [1.82, 2.24) is 10.1 Å². The fourth-order valence-electron chi connectivity index (χ4n) is 2.26. The van der Waals surface area contributed by atoms with Crippen LogP contribution in [0.1, 0.15) is 46.9 Å². The Morgan fingerprint density at radius 3 is 2.67 bits per heavy atom. The Labute approximate surface area is 125 Å². The normalized spacial score (nSPS) is 10.6. The quantitative estimate of drug-likeness (QED) is 0.812. The molecule has 0 spiro atoms. The van der Waals surface area contributed by atoms with Crippen LogP contribution in [0.5, 0.6) is 0 Å². The molecule has 0 radical (unpaired) electrons. The maximum absolute atomic E-state index is 12.7. The Hall–Kier alpha value is -2.10. The monoisotopic (exact) mass is 286 g/mol. The second-order valence-corrected chi connectivity index (χ2v) is 5.32. The lowest BCUT2D eigenvalue weighted by atomic mass is 10.1. The van der Waals surface area contributed by atoms with Gasteiger partial charge in [-0.1, -0.05) is 42.8 Å². The summed E-state index contributed by atoms with van der Waals surface area (Å²) < 4.78 is 4.90. The Balaban J connectivity index is 2.20. The zero-order chi connectivity index (χ0) is 15.2. The van der Waals surface area contributed by atoms with Crippen LogP contribution in [0.3, 0.4) is 0 Å². The number of hydrogen-bond acceptors (Lipinski definition) is 3. The summed E-state index contributed by atoms with van der Waals surface area (Å²) in [5.41, 5.74) is 3.58. The molecule has 0 fully saturated rings. The van der Waals surface area contributed by atoms with Gasteiger partial charge in [-0.3, -0.25) is 4.79 Å². The maximum atomic E-state index is 12.7. The van der Waals surface area contributed by atoms with Gasteiger partial charge in [0, 0.05) is 13.1 Å². The lowest BCUT2D eigenvalue weighted by Crippen LogP contribution is -2.32. The standard InChI is InChI=1S/C17H22N2O2/c1-4-5-10-19(11-15-9-7-6-8-13(15)2)17(20)16-12-21-18-14(16)3/h6-9,12H,4-5,10-11H2,1-3H3. The number of aromatic nitrogens is 1. The Morgan fingerprint density at radius 1 is 1.29 bits per heavy atom. The van der Waals surface area contributed by atoms with Crippen molar-refractivity contribution in [3.63, 3.8) is 0 Å². The first-order valence-electron chi connectivity index (χ1n) is 7.38. The largest absolute Gasteiger partial charge is 0.364 e. The van der Waals surface area contributed by atoms with E-state index in [0.29, 0.717) is 17.8 Å². The Kier molecular flexibility index (Phi) is 5.14. The number of hydrogen-bond donors (Lipinski definition) is 0. The second kappa shape index (κ2) is 7.07. The SMILES string of the molecule is CCCCN(Cc1ccccc1C)C(=O)c1conc1C. The van der Waals surface area contributed by atoms with Crippen molar-refractivity contribution >= 4 is 5.91 Å². The lowest BCUT2D eigenvalue weighted by Gasteiger charge is -2.23. The molecule has 0 aliphatic heterocycles. The third-order valence-electron chi connectivity index (χ3n) is 3.67. The zero-order valence-electron chi connectivity index (χ0n) is 12.9. The first kappa shape index (κ1) is 15.3. The van der Waals surface area contributed by atoms with Crippen molar-refractivity contribution in [1.29, 1.82) is 0 Å². The predicted octanol–water partition coefficient (Wildman–Crippen LogP) is 3.73. The molecule has 1 aromatic heterocycles. The van der Waals surface area contributed by atoms with E-state index in [1.54, 1.807) is 6.92 Å². The molecule has 2 aromatic rings. The highest BCUT2D eigenvalue weighted by Crippen LogP contribution is 2.16. The molecule has 1 heterocycles. The van der Waals surface area contributed by atoms with E-state index in [2.05, 4.69) is 31.1 Å². The van der Waals surface area contributed by atoms with E-state index in [0.717, 1.165) is 19.4 Å². The first-order valence-corrected chi connectivity index (χ1v) is 7.38. The van der Waals surface area contributed by atoms with E-state index in [9.17, 15) is 4.79 Å². The lowest BCUT2D eigenvalue weighted by molar-refractivity contribution is 0.0739. The molecule has 0 saturated carbocycles. The van der Waals surface area contributed by atoms with Crippen LogP contribution in [0.15, 0.2) is 35.1 Å². The molecule has 4 heteroatoms. The summed E-state index contributed by atoms with van der Waals surface area (Å²) in [6.07, 6.45) is 3.48. The fourth-order valence-corrected chi connectivity index (χ4v) is 2.26. The number of aryl methyl sites for hydroxylation is 2. The molecule has 0 N–H and O–H groups in total. The van der Waals surface area contributed by atoms with Crippen molar-refractivity contribution < 1.29 is 9.32 Å². The van der Waals surface area contributed by atoms with E-state index in [-0.39, 0.29) is 5.91 Å². The van der Waals surface area contributed by atoms with E-state index < -0.39 is 0 Å². The topological polar surface area (TPSA) is 46.3 Å². The molecule has 0 aliphatic rings. The minimum absolute atomic E-state index is 0.00884. The molecule has 2 rings (SSSR count). The summed E-state index contributed by atoms with van der Waals surface area (Å²) in [5.74, 6) is -0.00884. The Morgan fingerprint density at radius 2 is 2.05 bits per heavy atom. The number of nitrogens with zero attached hydrogens (tertiary/aromatic N) is 2. The molecule has 0 aliphatic carbocycles. The van der Waals surface area contributed by atoms with Gasteiger partial charge in [-0.25, -0.2) is 0 Å². The van der Waals surface area contributed by atoms with Crippen molar-refractivity contribution in [2.24, 2.45) is 0 Å². The number of amides is 1. The first-order chi connectivity index (χ1) is 10.1. The van der Waals surface area contributed by atoms with Gasteiger partial charge >= 0.3 is 0 Å². The molecular formula is C17H22N2O2. The van der Waals surface area contributed by atoms with Crippen LogP contribution in [-0.2, 0) is 6.54 Å². The van der Waals surface area contributed by atoms with Crippen molar-refractivity contribution in [3.05, 3.63) is 52.9 Å². The average Bonchev–Trinajstić information content (AvgIpc) is 2.91. The van der Waals surface area contributed by atoms with Crippen molar-refractivity contribution in [2.45, 2.75) is 40.2 Å². The summed E-state index contributed by atoms with van der Waals surface area (Å²) in [6, 6.07) is 8.17. The van der Waals surface area contributed by atoms with Crippen molar-refractivity contribution in [3.8, 4) is 0 Å². The molecule has 0 bridgehead atoms. The highest BCUT2D eigenvalue weighted by atomic mass is 16.5. The van der Waals surface area contributed by atoms with Gasteiger partial charge in [-0.15, -0.1) is 0 Å². The van der Waals surface area contributed by atoms with Crippen molar-refractivity contribution in [2.75, 3.05) is 6.54 Å². The molecule has 4 nitrogen and oxygen atoms in total. The van der Waals surface area contributed by atoms with E-state index in [1.807, 2.05) is 17.0 Å². The van der Waals surface area contributed by atoms with Crippen LogP contribution in [0.2, 0.25) is 0 Å². The highest BCUT2D eigenvalue weighted by molar-refractivity contribution is 5.94. The molecule has 0 saturated heterocycles. The second-order valence-electron chi connectivity index (χ2n) is 5.32. The van der Waals surface area contributed by atoms with Gasteiger partial charge in [0.25, 0.3) is 5.91 Å². The van der Waals surface area contributed by atoms with Gasteiger partial charge in [-0.2, -0.15) is 0 Å². The predicted molar refractivity (Wildman–Crippen MR) is 82.1 cm³/mol. The van der Waals surface area contributed by atoms with E-state index in [1.165, 1.54) is 17.4 Å². The molecule has 0 atom stereocenters. The molecule has 0 unspecified atom stereocenters. The van der Waals surface area contributed by atoms with Gasteiger partial charge in [-0.05, 0) is 31.4 Å².